The van der Waals surface area contributed by atoms with Crippen LogP contribution in [0, 0.1) is 17.1 Å². The number of nitriles is 1. The minimum absolute atomic E-state index is 0.0441. The highest BCUT2D eigenvalue weighted by atomic mass is 35.5. The standard InChI is InChI=1S/C22H14ClFN4/c23-16-10-14(8-9-17(16)24)21-19-18(12-6-7-12)15(11-25)20(26-22(19)28-27-21)13-4-2-1-3-5-13/h1-5,8-10,12H,6-7H2,(H,26,27,28). The molecule has 1 aliphatic carbocycles. The summed E-state index contributed by atoms with van der Waals surface area (Å²) in [6, 6.07) is 16.6. The molecule has 1 N–H and O–H groups in total. The van der Waals surface area contributed by atoms with Crippen molar-refractivity contribution in [3.8, 4) is 28.6 Å². The summed E-state index contributed by atoms with van der Waals surface area (Å²) in [6.45, 7) is 0. The number of H-pyrrole nitrogens is 1. The number of nitrogens with zero attached hydrogens (tertiary/aromatic N) is 3. The van der Waals surface area contributed by atoms with Crippen molar-refractivity contribution in [1.82, 2.24) is 15.2 Å². The quantitative estimate of drug-likeness (QED) is 0.480. The molecule has 0 amide bonds. The average molecular weight is 389 g/mol. The topological polar surface area (TPSA) is 65.4 Å². The number of aromatic nitrogens is 3. The highest BCUT2D eigenvalue weighted by molar-refractivity contribution is 6.31. The second kappa shape index (κ2) is 6.43. The van der Waals surface area contributed by atoms with Gasteiger partial charge in [-0.15, -0.1) is 0 Å². The Morgan fingerprint density at radius 3 is 2.57 bits per heavy atom. The summed E-state index contributed by atoms with van der Waals surface area (Å²) < 4.78 is 13.6. The van der Waals surface area contributed by atoms with Gasteiger partial charge in [0.1, 0.15) is 11.9 Å². The second-order valence-corrected chi connectivity index (χ2v) is 7.33. The molecular weight excluding hydrogens is 375 g/mol. The summed E-state index contributed by atoms with van der Waals surface area (Å²) in [7, 11) is 0. The average Bonchev–Trinajstić information content (AvgIpc) is 3.48. The van der Waals surface area contributed by atoms with Gasteiger partial charge in [-0.2, -0.15) is 10.4 Å². The van der Waals surface area contributed by atoms with Crippen molar-refractivity contribution in [1.29, 1.82) is 5.26 Å². The van der Waals surface area contributed by atoms with Crippen molar-refractivity contribution in [2.75, 3.05) is 0 Å². The molecule has 2 heterocycles. The van der Waals surface area contributed by atoms with Gasteiger partial charge in [-0.1, -0.05) is 41.9 Å². The molecule has 4 aromatic rings. The molecule has 2 aromatic carbocycles. The van der Waals surface area contributed by atoms with E-state index in [0.717, 1.165) is 29.4 Å². The van der Waals surface area contributed by atoms with Gasteiger partial charge in [0.15, 0.2) is 5.65 Å². The first-order chi connectivity index (χ1) is 13.7. The Morgan fingerprint density at radius 2 is 1.89 bits per heavy atom. The van der Waals surface area contributed by atoms with Crippen LogP contribution in [0.5, 0.6) is 0 Å². The van der Waals surface area contributed by atoms with Crippen LogP contribution < -0.4 is 0 Å². The fourth-order valence-corrected chi connectivity index (χ4v) is 3.82. The summed E-state index contributed by atoms with van der Waals surface area (Å²) in [5, 5.41) is 18.3. The van der Waals surface area contributed by atoms with Crippen molar-refractivity contribution >= 4 is 22.6 Å². The number of halogens is 2. The van der Waals surface area contributed by atoms with Gasteiger partial charge < -0.3 is 0 Å². The van der Waals surface area contributed by atoms with Crippen LogP contribution in [0.15, 0.2) is 48.5 Å². The van der Waals surface area contributed by atoms with E-state index < -0.39 is 5.82 Å². The SMILES string of the molecule is N#Cc1c(-c2ccccc2)nc2n[nH]c(-c3ccc(F)c(Cl)c3)c2c1C1CC1. The van der Waals surface area contributed by atoms with E-state index in [2.05, 4.69) is 16.3 Å². The molecule has 0 radical (unpaired) electrons. The van der Waals surface area contributed by atoms with Crippen molar-refractivity contribution in [2.45, 2.75) is 18.8 Å². The van der Waals surface area contributed by atoms with Crippen LogP contribution in [-0.4, -0.2) is 15.2 Å². The van der Waals surface area contributed by atoms with E-state index in [1.165, 1.54) is 6.07 Å². The Morgan fingerprint density at radius 1 is 1.11 bits per heavy atom. The maximum absolute atomic E-state index is 13.6. The van der Waals surface area contributed by atoms with Crippen LogP contribution in [0.1, 0.15) is 29.9 Å². The number of pyridine rings is 1. The molecule has 0 saturated heterocycles. The Kier molecular flexibility index (Phi) is 3.88. The van der Waals surface area contributed by atoms with E-state index in [-0.39, 0.29) is 5.02 Å². The zero-order valence-electron chi connectivity index (χ0n) is 14.7. The Labute approximate surface area is 165 Å². The smallest absolute Gasteiger partial charge is 0.182 e. The van der Waals surface area contributed by atoms with E-state index in [9.17, 15) is 9.65 Å². The molecule has 136 valence electrons. The van der Waals surface area contributed by atoms with Crippen LogP contribution in [-0.2, 0) is 0 Å². The molecule has 0 atom stereocenters. The zero-order valence-corrected chi connectivity index (χ0v) is 15.5. The van der Waals surface area contributed by atoms with Crippen molar-refractivity contribution in [3.05, 3.63) is 70.5 Å². The van der Waals surface area contributed by atoms with Gasteiger partial charge in [0.2, 0.25) is 0 Å². The van der Waals surface area contributed by atoms with Crippen LogP contribution >= 0.6 is 11.6 Å². The molecule has 0 spiro atoms. The van der Waals surface area contributed by atoms with Gasteiger partial charge in [-0.3, -0.25) is 5.10 Å². The molecule has 1 saturated carbocycles. The Hall–Kier alpha value is -3.23. The lowest BCUT2D eigenvalue weighted by atomic mass is 9.94. The van der Waals surface area contributed by atoms with Gasteiger partial charge in [0, 0.05) is 11.1 Å². The predicted octanol–water partition coefficient (Wildman–Crippen LogP) is 5.83. The number of rotatable bonds is 3. The lowest BCUT2D eigenvalue weighted by Gasteiger charge is -2.11. The lowest BCUT2D eigenvalue weighted by molar-refractivity contribution is 0.628. The second-order valence-electron chi connectivity index (χ2n) is 6.93. The number of nitrogens with one attached hydrogen (secondary N) is 1. The van der Waals surface area contributed by atoms with Crippen molar-refractivity contribution in [3.63, 3.8) is 0 Å². The summed E-state index contributed by atoms with van der Waals surface area (Å²) in [5.74, 6) is -0.172. The number of hydrogen-bond acceptors (Lipinski definition) is 3. The molecule has 4 nitrogen and oxygen atoms in total. The molecule has 0 aliphatic heterocycles. The van der Waals surface area contributed by atoms with E-state index in [1.54, 1.807) is 12.1 Å². The number of hydrogen-bond donors (Lipinski definition) is 1. The van der Waals surface area contributed by atoms with Crippen LogP contribution in [0.4, 0.5) is 4.39 Å². The van der Waals surface area contributed by atoms with Crippen molar-refractivity contribution in [2.24, 2.45) is 0 Å². The normalized spacial score (nSPS) is 13.6. The minimum atomic E-state index is -0.473. The number of benzene rings is 2. The van der Waals surface area contributed by atoms with Gasteiger partial charge in [-0.25, -0.2) is 9.37 Å². The summed E-state index contributed by atoms with van der Waals surface area (Å²) in [4.78, 5) is 4.70. The molecule has 1 fully saturated rings. The maximum Gasteiger partial charge on any atom is 0.182 e. The van der Waals surface area contributed by atoms with Crippen molar-refractivity contribution < 1.29 is 4.39 Å². The van der Waals surface area contributed by atoms with Crippen LogP contribution in [0.25, 0.3) is 33.5 Å². The van der Waals surface area contributed by atoms with Crippen LogP contribution in [0.2, 0.25) is 5.02 Å². The molecule has 6 heteroatoms. The van der Waals surface area contributed by atoms with Gasteiger partial charge in [0.25, 0.3) is 0 Å². The lowest BCUT2D eigenvalue weighted by Crippen LogP contribution is -1.98. The van der Waals surface area contributed by atoms with Crippen LogP contribution in [0.3, 0.4) is 0 Å². The number of aromatic amines is 1. The third-order valence-corrected chi connectivity index (χ3v) is 5.38. The van der Waals surface area contributed by atoms with E-state index in [1.807, 2.05) is 30.3 Å². The number of fused-ring (bicyclic) bond motifs is 1. The predicted molar refractivity (Wildman–Crippen MR) is 106 cm³/mol. The summed E-state index contributed by atoms with van der Waals surface area (Å²) >= 11 is 5.98. The minimum Gasteiger partial charge on any atom is -0.275 e. The summed E-state index contributed by atoms with van der Waals surface area (Å²) in [5.41, 5.74) is 5.06. The monoisotopic (exact) mass is 388 g/mol. The maximum atomic E-state index is 13.6. The van der Waals surface area contributed by atoms with Gasteiger partial charge >= 0.3 is 0 Å². The first kappa shape index (κ1) is 16.9. The summed E-state index contributed by atoms with van der Waals surface area (Å²) in [6.07, 6.45) is 2.05. The molecular formula is C22H14ClFN4. The molecule has 0 unspecified atom stereocenters. The third-order valence-electron chi connectivity index (χ3n) is 5.09. The highest BCUT2D eigenvalue weighted by Gasteiger charge is 2.33. The van der Waals surface area contributed by atoms with Gasteiger partial charge in [-0.05, 0) is 42.5 Å². The van der Waals surface area contributed by atoms with E-state index in [4.69, 9.17) is 16.6 Å². The molecule has 2 aromatic heterocycles. The Balaban J connectivity index is 1.83. The fourth-order valence-electron chi connectivity index (χ4n) is 3.64. The molecule has 5 rings (SSSR count). The molecule has 28 heavy (non-hydrogen) atoms. The Bertz CT molecular complexity index is 1250. The van der Waals surface area contributed by atoms with E-state index in [0.29, 0.717) is 34.1 Å². The third kappa shape index (κ3) is 2.65. The zero-order chi connectivity index (χ0) is 19.3. The van der Waals surface area contributed by atoms with E-state index >= 15 is 0 Å². The van der Waals surface area contributed by atoms with Gasteiger partial charge in [0.05, 0.1) is 27.4 Å². The molecule has 0 bridgehead atoms. The largest absolute Gasteiger partial charge is 0.275 e. The highest BCUT2D eigenvalue weighted by Crippen LogP contribution is 2.48. The fraction of sp³-hybridized carbons (Fsp3) is 0.136. The first-order valence-corrected chi connectivity index (χ1v) is 9.38. The first-order valence-electron chi connectivity index (χ1n) is 9.00. The molecule has 1 aliphatic rings.